The predicted molar refractivity (Wildman–Crippen MR) is 106 cm³/mol. The molecule has 4 nitrogen and oxygen atoms in total. The lowest BCUT2D eigenvalue weighted by Crippen LogP contribution is -2.23. The van der Waals surface area contributed by atoms with Crippen molar-refractivity contribution in [2.24, 2.45) is 5.92 Å². The summed E-state index contributed by atoms with van der Waals surface area (Å²) >= 11 is 1.68. The van der Waals surface area contributed by atoms with Crippen LogP contribution in [0.25, 0.3) is 11.1 Å². The average Bonchev–Trinajstić information content (AvgIpc) is 3.30. The summed E-state index contributed by atoms with van der Waals surface area (Å²) in [6.07, 6.45) is 2.81. The minimum atomic E-state index is 0. The monoisotopic (exact) mass is 380 g/mol. The van der Waals surface area contributed by atoms with Crippen molar-refractivity contribution in [2.75, 3.05) is 20.2 Å². The summed E-state index contributed by atoms with van der Waals surface area (Å²) in [6.45, 7) is 2.77. The molecular formula is C19H25ClN2O2S. The van der Waals surface area contributed by atoms with Crippen molar-refractivity contribution in [3.05, 3.63) is 40.6 Å². The molecule has 0 saturated carbocycles. The third-order valence-corrected chi connectivity index (χ3v) is 5.42. The number of hydrogen-bond acceptors (Lipinski definition) is 4. The molecule has 0 spiro atoms. The van der Waals surface area contributed by atoms with Gasteiger partial charge in [-0.25, -0.2) is 0 Å². The fourth-order valence-electron chi connectivity index (χ4n) is 2.98. The molecule has 2 heterocycles. The summed E-state index contributed by atoms with van der Waals surface area (Å²) in [7, 11) is 1.67. The lowest BCUT2D eigenvalue weighted by molar-refractivity contribution is -0.121. The van der Waals surface area contributed by atoms with E-state index in [9.17, 15) is 4.79 Å². The third-order valence-electron chi connectivity index (χ3n) is 4.48. The highest BCUT2D eigenvalue weighted by Crippen LogP contribution is 2.27. The summed E-state index contributed by atoms with van der Waals surface area (Å²) in [5.41, 5.74) is 2.35. The second kappa shape index (κ2) is 9.80. The van der Waals surface area contributed by atoms with E-state index in [1.54, 1.807) is 18.4 Å². The van der Waals surface area contributed by atoms with Gasteiger partial charge in [0.25, 0.3) is 0 Å². The zero-order valence-electron chi connectivity index (χ0n) is 14.4. The van der Waals surface area contributed by atoms with E-state index in [1.807, 2.05) is 12.1 Å². The van der Waals surface area contributed by atoms with Gasteiger partial charge in [-0.3, -0.25) is 4.79 Å². The van der Waals surface area contributed by atoms with E-state index in [1.165, 1.54) is 22.4 Å². The van der Waals surface area contributed by atoms with Gasteiger partial charge in [-0.15, -0.1) is 23.7 Å². The molecule has 6 heteroatoms. The van der Waals surface area contributed by atoms with Gasteiger partial charge in [-0.1, -0.05) is 12.1 Å². The Hall–Kier alpha value is -1.56. The Bertz CT molecular complexity index is 666. The molecule has 1 saturated heterocycles. The number of amides is 1. The van der Waals surface area contributed by atoms with Crippen LogP contribution in [0.1, 0.15) is 24.1 Å². The van der Waals surface area contributed by atoms with Crippen molar-refractivity contribution in [1.29, 1.82) is 0 Å². The largest absolute Gasteiger partial charge is 0.497 e. The first kappa shape index (κ1) is 19.8. The maximum absolute atomic E-state index is 12.0. The summed E-state index contributed by atoms with van der Waals surface area (Å²) in [5, 5.41) is 8.51. The molecule has 0 radical (unpaired) electrons. The molecule has 2 aromatic rings. The fourth-order valence-corrected chi connectivity index (χ4v) is 3.81. The molecular weight excluding hydrogens is 356 g/mol. The topological polar surface area (TPSA) is 50.4 Å². The standard InChI is InChI=1S/C19H24N2O2S.ClH/c1-23-17-5-3-15(4-6-17)16-10-18(24-13-16)12-21-19(22)7-2-14-8-9-20-11-14;/h3-6,10,13-14,20H,2,7-9,11-12H2,1H3,(H,21,22);1H. The number of methoxy groups -OCH3 is 1. The van der Waals surface area contributed by atoms with Gasteiger partial charge >= 0.3 is 0 Å². The highest BCUT2D eigenvalue weighted by Gasteiger charge is 2.15. The number of rotatable bonds is 7. The first-order valence-corrected chi connectivity index (χ1v) is 9.32. The minimum Gasteiger partial charge on any atom is -0.497 e. The number of ether oxygens (including phenoxy) is 1. The average molecular weight is 381 g/mol. The van der Waals surface area contributed by atoms with Crippen molar-refractivity contribution < 1.29 is 9.53 Å². The van der Waals surface area contributed by atoms with Gasteiger partial charge in [0.05, 0.1) is 13.7 Å². The Labute approximate surface area is 159 Å². The van der Waals surface area contributed by atoms with E-state index in [2.05, 4.69) is 34.2 Å². The molecule has 1 aliphatic heterocycles. The molecule has 0 bridgehead atoms. The van der Waals surface area contributed by atoms with Crippen LogP contribution in [0, 0.1) is 5.92 Å². The smallest absolute Gasteiger partial charge is 0.220 e. The van der Waals surface area contributed by atoms with Crippen LogP contribution in [0.5, 0.6) is 5.75 Å². The van der Waals surface area contributed by atoms with Crippen LogP contribution in [0.3, 0.4) is 0 Å². The molecule has 1 atom stereocenters. The van der Waals surface area contributed by atoms with Crippen molar-refractivity contribution >= 4 is 29.7 Å². The summed E-state index contributed by atoms with van der Waals surface area (Å²) in [6, 6.07) is 10.2. The molecule has 136 valence electrons. The molecule has 3 rings (SSSR count). The quantitative estimate of drug-likeness (QED) is 0.767. The number of carbonyl (C=O) groups excluding carboxylic acids is 1. The molecule has 1 aliphatic rings. The van der Waals surface area contributed by atoms with E-state index in [0.29, 0.717) is 18.9 Å². The molecule has 1 unspecified atom stereocenters. The molecule has 1 amide bonds. The predicted octanol–water partition coefficient (Wildman–Crippen LogP) is 3.85. The first-order valence-electron chi connectivity index (χ1n) is 8.44. The number of carbonyl (C=O) groups is 1. The molecule has 1 fully saturated rings. The van der Waals surface area contributed by atoms with Gasteiger partial charge in [0, 0.05) is 11.3 Å². The van der Waals surface area contributed by atoms with Crippen LogP contribution < -0.4 is 15.4 Å². The van der Waals surface area contributed by atoms with E-state index >= 15 is 0 Å². The van der Waals surface area contributed by atoms with Crippen molar-refractivity contribution in [3.63, 3.8) is 0 Å². The third kappa shape index (κ3) is 5.73. The van der Waals surface area contributed by atoms with Gasteiger partial charge in [-0.05, 0) is 66.6 Å². The summed E-state index contributed by atoms with van der Waals surface area (Å²) < 4.78 is 5.19. The van der Waals surface area contributed by atoms with Crippen LogP contribution in [0.15, 0.2) is 35.7 Å². The van der Waals surface area contributed by atoms with E-state index < -0.39 is 0 Å². The lowest BCUT2D eigenvalue weighted by Gasteiger charge is -2.08. The lowest BCUT2D eigenvalue weighted by atomic mass is 10.0. The van der Waals surface area contributed by atoms with Crippen LogP contribution in [-0.2, 0) is 11.3 Å². The number of thiophene rings is 1. The number of hydrogen-bond donors (Lipinski definition) is 2. The van der Waals surface area contributed by atoms with E-state index in [0.717, 1.165) is 25.3 Å². The zero-order valence-corrected chi connectivity index (χ0v) is 16.1. The van der Waals surface area contributed by atoms with Gasteiger partial charge in [0.15, 0.2) is 0 Å². The van der Waals surface area contributed by atoms with Gasteiger partial charge in [0.1, 0.15) is 5.75 Å². The second-order valence-electron chi connectivity index (χ2n) is 6.20. The van der Waals surface area contributed by atoms with E-state index in [-0.39, 0.29) is 18.3 Å². The molecule has 2 N–H and O–H groups in total. The van der Waals surface area contributed by atoms with Gasteiger partial charge < -0.3 is 15.4 Å². The van der Waals surface area contributed by atoms with Crippen LogP contribution in [0.2, 0.25) is 0 Å². The van der Waals surface area contributed by atoms with Crippen molar-refractivity contribution in [1.82, 2.24) is 10.6 Å². The second-order valence-corrected chi connectivity index (χ2v) is 7.20. The summed E-state index contributed by atoms with van der Waals surface area (Å²) in [4.78, 5) is 13.2. The fraction of sp³-hybridized carbons (Fsp3) is 0.421. The Kier molecular flexibility index (Phi) is 7.75. The van der Waals surface area contributed by atoms with Crippen molar-refractivity contribution in [3.8, 4) is 16.9 Å². The van der Waals surface area contributed by atoms with Crippen LogP contribution in [-0.4, -0.2) is 26.1 Å². The molecule has 1 aromatic heterocycles. The minimum absolute atomic E-state index is 0. The van der Waals surface area contributed by atoms with Crippen molar-refractivity contribution in [2.45, 2.75) is 25.8 Å². The first-order chi connectivity index (χ1) is 11.7. The highest BCUT2D eigenvalue weighted by molar-refractivity contribution is 7.10. The van der Waals surface area contributed by atoms with Crippen LogP contribution in [0.4, 0.5) is 0 Å². The molecule has 1 aromatic carbocycles. The number of benzene rings is 1. The Balaban J connectivity index is 0.00000225. The summed E-state index contributed by atoms with van der Waals surface area (Å²) in [5.74, 6) is 1.68. The number of halogens is 1. The van der Waals surface area contributed by atoms with Gasteiger partial charge in [-0.2, -0.15) is 0 Å². The normalized spacial score (nSPS) is 16.3. The molecule has 0 aliphatic carbocycles. The zero-order chi connectivity index (χ0) is 16.8. The van der Waals surface area contributed by atoms with E-state index in [4.69, 9.17) is 4.74 Å². The molecule has 25 heavy (non-hydrogen) atoms. The number of nitrogens with one attached hydrogen (secondary N) is 2. The van der Waals surface area contributed by atoms with Crippen LogP contribution >= 0.6 is 23.7 Å². The SMILES string of the molecule is COc1ccc(-c2csc(CNC(=O)CCC3CCNC3)c2)cc1.Cl. The maximum Gasteiger partial charge on any atom is 0.220 e. The Morgan fingerprint density at radius 1 is 1.32 bits per heavy atom. The maximum atomic E-state index is 12.0. The Morgan fingerprint density at radius 2 is 2.12 bits per heavy atom. The van der Waals surface area contributed by atoms with Gasteiger partial charge in [0.2, 0.25) is 5.91 Å². The Morgan fingerprint density at radius 3 is 2.80 bits per heavy atom. The highest BCUT2D eigenvalue weighted by atomic mass is 35.5.